The Kier molecular flexibility index (Phi) is 7.29. The van der Waals surface area contributed by atoms with E-state index in [1.54, 1.807) is 24.4 Å². The molecule has 1 heterocycles. The first-order valence-corrected chi connectivity index (χ1v) is 9.87. The van der Waals surface area contributed by atoms with Crippen LogP contribution in [-0.4, -0.2) is 30.1 Å². The highest BCUT2D eigenvalue weighted by Crippen LogP contribution is 2.30. The van der Waals surface area contributed by atoms with Gasteiger partial charge in [0.15, 0.2) is 0 Å². The highest BCUT2D eigenvalue weighted by molar-refractivity contribution is 6.30. The molecule has 0 spiro atoms. The molecule has 0 saturated carbocycles. The zero-order valence-corrected chi connectivity index (χ0v) is 17.2. The summed E-state index contributed by atoms with van der Waals surface area (Å²) in [6.07, 6.45) is -1.86. The minimum absolute atomic E-state index is 0.309. The first-order chi connectivity index (χ1) is 14.3. The molecular formula is C22H22ClF3N4. The highest BCUT2D eigenvalue weighted by atomic mass is 35.5. The van der Waals surface area contributed by atoms with Gasteiger partial charge in [-0.25, -0.2) is 9.97 Å². The van der Waals surface area contributed by atoms with Crippen LogP contribution in [0.5, 0.6) is 0 Å². The fourth-order valence-corrected chi connectivity index (χ4v) is 3.13. The fourth-order valence-electron chi connectivity index (χ4n) is 3.00. The molecule has 0 unspecified atom stereocenters. The van der Waals surface area contributed by atoms with Gasteiger partial charge in [-0.15, -0.1) is 0 Å². The van der Waals surface area contributed by atoms with Crippen molar-refractivity contribution in [2.45, 2.75) is 19.0 Å². The summed E-state index contributed by atoms with van der Waals surface area (Å²) in [6, 6.07) is 12.8. The van der Waals surface area contributed by atoms with E-state index in [4.69, 9.17) is 11.6 Å². The smallest absolute Gasteiger partial charge is 0.353 e. The Morgan fingerprint density at radius 3 is 2.43 bits per heavy atom. The van der Waals surface area contributed by atoms with Crippen molar-refractivity contribution in [1.82, 2.24) is 15.3 Å². The monoisotopic (exact) mass is 434 g/mol. The van der Waals surface area contributed by atoms with Gasteiger partial charge < -0.3 is 10.6 Å². The average molecular weight is 435 g/mol. The maximum atomic E-state index is 13.1. The molecule has 8 heteroatoms. The summed E-state index contributed by atoms with van der Waals surface area (Å²) in [5, 5.41) is 6.82. The zero-order chi connectivity index (χ0) is 21.6. The summed E-state index contributed by atoms with van der Waals surface area (Å²) in [7, 11) is 1.85. The second kappa shape index (κ2) is 9.91. The second-order valence-corrected chi connectivity index (χ2v) is 7.31. The molecule has 2 N–H and O–H groups in total. The number of anilines is 1. The van der Waals surface area contributed by atoms with Crippen LogP contribution in [-0.2, 0) is 19.0 Å². The van der Waals surface area contributed by atoms with Crippen LogP contribution in [0.25, 0.3) is 0 Å². The Labute approximate surface area is 178 Å². The molecule has 3 aromatic rings. The van der Waals surface area contributed by atoms with Crippen molar-refractivity contribution in [2.75, 3.05) is 25.5 Å². The van der Waals surface area contributed by atoms with Crippen LogP contribution < -0.4 is 10.6 Å². The molecule has 30 heavy (non-hydrogen) atoms. The molecule has 1 aromatic heterocycles. The van der Waals surface area contributed by atoms with Crippen molar-refractivity contribution >= 4 is 17.5 Å². The Hall–Kier alpha value is -2.64. The van der Waals surface area contributed by atoms with Crippen LogP contribution in [0.15, 0.2) is 54.7 Å². The lowest BCUT2D eigenvalue weighted by molar-refractivity contribution is -0.137. The molecule has 0 radical (unpaired) electrons. The van der Waals surface area contributed by atoms with E-state index < -0.39 is 11.7 Å². The van der Waals surface area contributed by atoms with Crippen molar-refractivity contribution in [3.63, 3.8) is 0 Å². The summed E-state index contributed by atoms with van der Waals surface area (Å²) in [4.78, 5) is 8.97. The van der Waals surface area contributed by atoms with Crippen LogP contribution in [0.2, 0.25) is 5.02 Å². The number of nitrogens with zero attached hydrogens (tertiary/aromatic N) is 2. The number of hydrogen-bond acceptors (Lipinski definition) is 4. The average Bonchev–Trinajstić information content (AvgIpc) is 2.71. The molecule has 0 saturated heterocycles. The first kappa shape index (κ1) is 22.1. The predicted octanol–water partition coefficient (Wildman–Crippen LogP) is 4.96. The minimum Gasteiger partial charge on any atom is -0.353 e. The van der Waals surface area contributed by atoms with E-state index in [1.165, 1.54) is 12.1 Å². The lowest BCUT2D eigenvalue weighted by Crippen LogP contribution is -2.19. The number of likely N-dealkylation sites (N-methyl/N-ethyl adjacent to an activating group) is 1. The Morgan fingerprint density at radius 2 is 1.73 bits per heavy atom. The van der Waals surface area contributed by atoms with Crippen molar-refractivity contribution in [3.8, 4) is 0 Å². The fraction of sp³-hybridized carbons (Fsp3) is 0.273. The van der Waals surface area contributed by atoms with Crippen LogP contribution in [0.3, 0.4) is 0 Å². The summed E-state index contributed by atoms with van der Waals surface area (Å²) >= 11 is 5.97. The first-order valence-electron chi connectivity index (χ1n) is 9.49. The summed E-state index contributed by atoms with van der Waals surface area (Å²) in [6.45, 7) is 1.41. The maximum absolute atomic E-state index is 13.1. The van der Waals surface area contributed by atoms with Crippen molar-refractivity contribution in [1.29, 1.82) is 0 Å². The zero-order valence-electron chi connectivity index (χ0n) is 16.4. The van der Waals surface area contributed by atoms with Crippen LogP contribution >= 0.6 is 11.6 Å². The van der Waals surface area contributed by atoms with Gasteiger partial charge in [-0.1, -0.05) is 41.9 Å². The van der Waals surface area contributed by atoms with Crippen LogP contribution in [0.4, 0.5) is 19.1 Å². The SMILES string of the molecule is CNCCNc1ncc(Cc2cccc(C(F)(F)F)c2)c(Cc2ccc(Cl)cc2)n1. The molecule has 0 aliphatic rings. The van der Waals surface area contributed by atoms with E-state index in [1.807, 2.05) is 19.2 Å². The molecule has 0 amide bonds. The molecule has 158 valence electrons. The maximum Gasteiger partial charge on any atom is 0.416 e. The summed E-state index contributed by atoms with van der Waals surface area (Å²) in [5.74, 6) is 0.488. The van der Waals surface area contributed by atoms with Crippen molar-refractivity contribution in [2.24, 2.45) is 0 Å². The quantitative estimate of drug-likeness (QED) is 0.492. The number of benzene rings is 2. The largest absolute Gasteiger partial charge is 0.416 e. The number of hydrogen-bond donors (Lipinski definition) is 2. The van der Waals surface area contributed by atoms with Crippen molar-refractivity contribution < 1.29 is 13.2 Å². The number of rotatable bonds is 8. The Morgan fingerprint density at radius 1 is 0.967 bits per heavy atom. The lowest BCUT2D eigenvalue weighted by atomic mass is 9.99. The Balaban J connectivity index is 1.89. The van der Waals surface area contributed by atoms with Crippen LogP contribution in [0.1, 0.15) is 27.9 Å². The van der Waals surface area contributed by atoms with E-state index in [-0.39, 0.29) is 0 Å². The van der Waals surface area contributed by atoms with Crippen LogP contribution in [0, 0.1) is 0 Å². The number of aromatic nitrogens is 2. The van der Waals surface area contributed by atoms with Gasteiger partial charge in [0.1, 0.15) is 0 Å². The third-order valence-electron chi connectivity index (χ3n) is 4.55. The summed E-state index contributed by atoms with van der Waals surface area (Å²) < 4.78 is 39.2. The van der Waals surface area contributed by atoms with E-state index in [0.29, 0.717) is 35.9 Å². The molecule has 0 bridgehead atoms. The molecule has 0 aliphatic heterocycles. The highest BCUT2D eigenvalue weighted by Gasteiger charge is 2.30. The standard InChI is InChI=1S/C22H22ClF3N4/c1-27-9-10-28-21-29-14-17(11-16-3-2-4-18(12-16)22(24,25)26)20(30-21)13-15-5-7-19(23)8-6-15/h2-8,12,14,27H,9-11,13H2,1H3,(H,28,29,30). The van der Waals surface area contributed by atoms with E-state index in [9.17, 15) is 13.2 Å². The number of alkyl halides is 3. The molecule has 0 atom stereocenters. The van der Waals surface area contributed by atoms with Gasteiger partial charge in [-0.2, -0.15) is 13.2 Å². The summed E-state index contributed by atoms with van der Waals surface area (Å²) in [5.41, 5.74) is 2.44. The van der Waals surface area contributed by atoms with Gasteiger partial charge in [-0.3, -0.25) is 0 Å². The van der Waals surface area contributed by atoms with E-state index in [2.05, 4.69) is 20.6 Å². The molecule has 2 aromatic carbocycles. The predicted molar refractivity (Wildman–Crippen MR) is 113 cm³/mol. The topological polar surface area (TPSA) is 49.8 Å². The molecular weight excluding hydrogens is 413 g/mol. The minimum atomic E-state index is -4.38. The van der Waals surface area contributed by atoms with E-state index in [0.717, 1.165) is 29.4 Å². The number of nitrogens with one attached hydrogen (secondary N) is 2. The lowest BCUT2D eigenvalue weighted by Gasteiger charge is -2.13. The van der Waals surface area contributed by atoms with Gasteiger partial charge in [0.05, 0.1) is 11.3 Å². The molecule has 0 aliphatic carbocycles. The molecule has 4 nitrogen and oxygen atoms in total. The third-order valence-corrected chi connectivity index (χ3v) is 4.80. The van der Waals surface area contributed by atoms with Gasteiger partial charge in [0.25, 0.3) is 0 Å². The Bertz CT molecular complexity index is 975. The van der Waals surface area contributed by atoms with Crippen molar-refractivity contribution in [3.05, 3.63) is 87.7 Å². The molecule has 0 fully saturated rings. The molecule has 3 rings (SSSR count). The van der Waals surface area contributed by atoms with Gasteiger partial charge in [0.2, 0.25) is 5.95 Å². The normalized spacial score (nSPS) is 11.5. The second-order valence-electron chi connectivity index (χ2n) is 6.87. The van der Waals surface area contributed by atoms with Gasteiger partial charge in [0, 0.05) is 37.2 Å². The third kappa shape index (κ3) is 6.18. The van der Waals surface area contributed by atoms with E-state index >= 15 is 0 Å². The number of halogens is 4. The van der Waals surface area contributed by atoms with Gasteiger partial charge in [-0.05, 0) is 41.9 Å². The van der Waals surface area contributed by atoms with Gasteiger partial charge >= 0.3 is 6.18 Å².